The Balaban J connectivity index is 3.34. The van der Waals surface area contributed by atoms with Gasteiger partial charge in [0.1, 0.15) is 6.61 Å². The van der Waals surface area contributed by atoms with Crippen LogP contribution in [0.1, 0.15) is 20.8 Å². The number of thiol groups is 1. The summed E-state index contributed by atoms with van der Waals surface area (Å²) in [5.41, 5.74) is 0. The van der Waals surface area contributed by atoms with E-state index in [1.807, 2.05) is 20.8 Å². The molecular weight excluding hydrogens is 174 g/mol. The molecule has 0 bridgehead atoms. The molecule has 0 aromatic carbocycles. The summed E-state index contributed by atoms with van der Waals surface area (Å²) in [5.74, 6) is 0.450. The maximum absolute atomic E-state index is 10.9. The minimum absolute atomic E-state index is 0.0924. The predicted octanol–water partition coefficient (Wildman–Crippen LogP) is 1.69. The highest BCUT2D eigenvalue weighted by atomic mass is 32.1. The monoisotopic (exact) mass is 191 g/mol. The first-order valence-corrected chi connectivity index (χ1v) is 4.62. The van der Waals surface area contributed by atoms with Gasteiger partial charge >= 0.3 is 6.09 Å². The summed E-state index contributed by atoms with van der Waals surface area (Å²) in [7, 11) is 0. The van der Waals surface area contributed by atoms with Crippen molar-refractivity contribution in [1.82, 2.24) is 5.32 Å². The van der Waals surface area contributed by atoms with Crippen molar-refractivity contribution in [3.05, 3.63) is 0 Å². The van der Waals surface area contributed by atoms with Crippen molar-refractivity contribution >= 4 is 18.7 Å². The van der Waals surface area contributed by atoms with Crippen LogP contribution in [0.25, 0.3) is 0 Å². The Kier molecular flexibility index (Phi) is 5.98. The molecule has 0 rings (SSSR count). The number of carbonyl (C=O) groups excluding carboxylic acids is 1. The van der Waals surface area contributed by atoms with E-state index in [1.54, 1.807) is 0 Å². The standard InChI is InChI=1S/C8H17NO2S/c1-6(2)4-9-8(10)11-5-7(3)12/h6-7,12H,4-5H2,1-3H3,(H,9,10). The number of hydrogen-bond acceptors (Lipinski definition) is 3. The largest absolute Gasteiger partial charge is 0.448 e. The summed E-state index contributed by atoms with van der Waals surface area (Å²) in [4.78, 5) is 10.9. The molecule has 1 atom stereocenters. The molecule has 0 aliphatic heterocycles. The quantitative estimate of drug-likeness (QED) is 0.664. The molecule has 0 aliphatic rings. The Morgan fingerprint density at radius 2 is 2.08 bits per heavy atom. The lowest BCUT2D eigenvalue weighted by Crippen LogP contribution is -2.29. The van der Waals surface area contributed by atoms with Crippen LogP contribution in [0.5, 0.6) is 0 Å². The van der Waals surface area contributed by atoms with Crippen LogP contribution in [0.2, 0.25) is 0 Å². The maximum Gasteiger partial charge on any atom is 0.407 e. The van der Waals surface area contributed by atoms with E-state index >= 15 is 0 Å². The van der Waals surface area contributed by atoms with Gasteiger partial charge in [-0.3, -0.25) is 0 Å². The lowest BCUT2D eigenvalue weighted by molar-refractivity contribution is 0.146. The van der Waals surface area contributed by atoms with E-state index in [0.29, 0.717) is 19.1 Å². The predicted molar refractivity (Wildman–Crippen MR) is 52.6 cm³/mol. The highest BCUT2D eigenvalue weighted by Gasteiger charge is 2.03. The highest BCUT2D eigenvalue weighted by Crippen LogP contribution is 1.93. The van der Waals surface area contributed by atoms with Crippen LogP contribution >= 0.6 is 12.6 Å². The lowest BCUT2D eigenvalue weighted by Gasteiger charge is -2.09. The van der Waals surface area contributed by atoms with Crippen LogP contribution in [-0.2, 0) is 4.74 Å². The van der Waals surface area contributed by atoms with Gasteiger partial charge in [0.15, 0.2) is 0 Å². The van der Waals surface area contributed by atoms with Gasteiger partial charge < -0.3 is 10.1 Å². The zero-order chi connectivity index (χ0) is 9.56. The third kappa shape index (κ3) is 7.72. The van der Waals surface area contributed by atoms with Gasteiger partial charge in [-0.1, -0.05) is 20.8 Å². The number of rotatable bonds is 4. The number of amides is 1. The molecule has 0 aromatic heterocycles. The van der Waals surface area contributed by atoms with Gasteiger partial charge in [-0.15, -0.1) is 0 Å². The Bertz CT molecular complexity index is 123. The van der Waals surface area contributed by atoms with E-state index in [1.165, 1.54) is 0 Å². The smallest absolute Gasteiger partial charge is 0.407 e. The van der Waals surface area contributed by atoms with Crippen molar-refractivity contribution in [3.8, 4) is 0 Å². The van der Waals surface area contributed by atoms with E-state index in [4.69, 9.17) is 4.74 Å². The first kappa shape index (κ1) is 11.6. The molecule has 1 unspecified atom stereocenters. The summed E-state index contributed by atoms with van der Waals surface area (Å²) in [6.45, 7) is 6.94. The Hall–Kier alpha value is -0.380. The third-order valence-corrected chi connectivity index (χ3v) is 1.26. The van der Waals surface area contributed by atoms with Crippen LogP contribution in [-0.4, -0.2) is 24.5 Å². The maximum atomic E-state index is 10.9. The number of hydrogen-bond donors (Lipinski definition) is 2. The first-order valence-electron chi connectivity index (χ1n) is 4.11. The number of carbonyl (C=O) groups is 1. The van der Waals surface area contributed by atoms with Crippen molar-refractivity contribution in [1.29, 1.82) is 0 Å². The van der Waals surface area contributed by atoms with Crippen molar-refractivity contribution in [2.45, 2.75) is 26.0 Å². The molecule has 12 heavy (non-hydrogen) atoms. The summed E-state index contributed by atoms with van der Waals surface area (Å²) >= 11 is 4.08. The van der Waals surface area contributed by atoms with E-state index < -0.39 is 0 Å². The van der Waals surface area contributed by atoms with Crippen LogP contribution in [0.3, 0.4) is 0 Å². The number of ether oxygens (including phenoxy) is 1. The summed E-state index contributed by atoms with van der Waals surface area (Å²) in [6, 6.07) is 0. The molecule has 0 spiro atoms. The fourth-order valence-corrected chi connectivity index (χ4v) is 0.609. The molecule has 0 saturated carbocycles. The zero-order valence-corrected chi connectivity index (χ0v) is 8.73. The second kappa shape index (κ2) is 6.17. The van der Waals surface area contributed by atoms with Crippen LogP contribution in [0, 0.1) is 5.92 Å². The molecule has 1 N–H and O–H groups in total. The van der Waals surface area contributed by atoms with Gasteiger partial charge in [-0.2, -0.15) is 12.6 Å². The van der Waals surface area contributed by atoms with Crippen LogP contribution < -0.4 is 5.32 Å². The van der Waals surface area contributed by atoms with E-state index in [2.05, 4.69) is 17.9 Å². The molecule has 3 nitrogen and oxygen atoms in total. The van der Waals surface area contributed by atoms with Crippen molar-refractivity contribution < 1.29 is 9.53 Å². The number of nitrogens with one attached hydrogen (secondary N) is 1. The average molecular weight is 191 g/mol. The van der Waals surface area contributed by atoms with Gasteiger partial charge in [0.2, 0.25) is 0 Å². The Morgan fingerprint density at radius 3 is 2.50 bits per heavy atom. The molecular formula is C8H17NO2S. The van der Waals surface area contributed by atoms with Gasteiger partial charge in [-0.25, -0.2) is 4.79 Å². The van der Waals surface area contributed by atoms with Gasteiger partial charge in [0.25, 0.3) is 0 Å². The third-order valence-electron chi connectivity index (χ3n) is 1.11. The molecule has 0 saturated heterocycles. The second-order valence-electron chi connectivity index (χ2n) is 3.22. The molecule has 0 aromatic rings. The lowest BCUT2D eigenvalue weighted by atomic mass is 10.2. The SMILES string of the molecule is CC(C)CNC(=O)OCC(C)S. The Morgan fingerprint density at radius 1 is 1.50 bits per heavy atom. The molecule has 0 aliphatic carbocycles. The fraction of sp³-hybridized carbons (Fsp3) is 0.875. The molecule has 0 fully saturated rings. The van der Waals surface area contributed by atoms with Crippen molar-refractivity contribution in [2.75, 3.05) is 13.2 Å². The molecule has 72 valence electrons. The Labute approximate surface area is 79.3 Å². The van der Waals surface area contributed by atoms with Crippen LogP contribution in [0.15, 0.2) is 0 Å². The van der Waals surface area contributed by atoms with Crippen molar-refractivity contribution in [3.63, 3.8) is 0 Å². The number of alkyl carbamates (subject to hydrolysis) is 1. The summed E-state index contributed by atoms with van der Waals surface area (Å²) < 4.78 is 4.83. The molecule has 0 radical (unpaired) electrons. The minimum atomic E-state index is -0.357. The summed E-state index contributed by atoms with van der Waals surface area (Å²) in [6.07, 6.45) is -0.357. The van der Waals surface area contributed by atoms with Gasteiger partial charge in [-0.05, 0) is 5.92 Å². The molecule has 1 amide bonds. The molecule has 4 heteroatoms. The van der Waals surface area contributed by atoms with Crippen molar-refractivity contribution in [2.24, 2.45) is 5.92 Å². The fourth-order valence-electron chi connectivity index (χ4n) is 0.535. The second-order valence-corrected chi connectivity index (χ2v) is 4.10. The average Bonchev–Trinajstić information content (AvgIpc) is 1.96. The van der Waals surface area contributed by atoms with Gasteiger partial charge in [0, 0.05) is 11.8 Å². The minimum Gasteiger partial charge on any atom is -0.448 e. The van der Waals surface area contributed by atoms with E-state index in [9.17, 15) is 4.79 Å². The normalized spacial score (nSPS) is 12.8. The topological polar surface area (TPSA) is 38.3 Å². The highest BCUT2D eigenvalue weighted by molar-refractivity contribution is 7.80. The zero-order valence-electron chi connectivity index (χ0n) is 7.83. The summed E-state index contributed by atoms with van der Waals surface area (Å²) in [5, 5.41) is 2.73. The van der Waals surface area contributed by atoms with Crippen LogP contribution in [0.4, 0.5) is 4.79 Å². The van der Waals surface area contributed by atoms with E-state index in [-0.39, 0.29) is 11.3 Å². The first-order chi connectivity index (χ1) is 5.52. The van der Waals surface area contributed by atoms with E-state index in [0.717, 1.165) is 0 Å². The molecule has 0 heterocycles. The van der Waals surface area contributed by atoms with Gasteiger partial charge in [0.05, 0.1) is 0 Å².